The van der Waals surface area contributed by atoms with Crippen LogP contribution in [-0.2, 0) is 0 Å². The molecule has 0 fully saturated rings. The Morgan fingerprint density at radius 2 is 1.58 bits per heavy atom. The Hall–Kier alpha value is -5.11. The normalized spacial score (nSPS) is 10.7. The lowest BCUT2D eigenvalue weighted by atomic mass is 10.1. The van der Waals surface area contributed by atoms with Crippen molar-refractivity contribution in [2.45, 2.75) is 6.92 Å². The van der Waals surface area contributed by atoms with Crippen molar-refractivity contribution in [3.63, 3.8) is 0 Å². The highest BCUT2D eigenvalue weighted by Crippen LogP contribution is 2.30. The summed E-state index contributed by atoms with van der Waals surface area (Å²) in [5, 5.41) is 11.1. The van der Waals surface area contributed by atoms with Crippen molar-refractivity contribution in [1.82, 2.24) is 15.0 Å². The van der Waals surface area contributed by atoms with Crippen molar-refractivity contribution < 1.29 is 0 Å². The summed E-state index contributed by atoms with van der Waals surface area (Å²) in [4.78, 5) is 15.4. The van der Waals surface area contributed by atoms with Gasteiger partial charge in [-0.15, -0.1) is 0 Å². The van der Waals surface area contributed by atoms with E-state index in [2.05, 4.69) is 54.5 Å². The molecule has 0 saturated heterocycles. The number of nitrogen functional groups attached to an aromatic ring is 1. The number of nitrogens with zero attached hydrogens (tertiary/aromatic N) is 4. The van der Waals surface area contributed by atoms with Gasteiger partial charge in [0.25, 0.3) is 0 Å². The number of fused-ring (bicyclic) bond motifs is 1. The fourth-order valence-electron chi connectivity index (χ4n) is 4.09. The van der Waals surface area contributed by atoms with Gasteiger partial charge in [-0.2, -0.15) is 0 Å². The van der Waals surface area contributed by atoms with Gasteiger partial charge < -0.3 is 26.6 Å². The molecule has 0 unspecified atom stereocenters. The van der Waals surface area contributed by atoms with Crippen LogP contribution in [0.15, 0.2) is 91.9 Å². The van der Waals surface area contributed by atoms with Crippen molar-refractivity contribution in [2.24, 2.45) is 0 Å². The first-order valence-electron chi connectivity index (χ1n) is 12.2. The van der Waals surface area contributed by atoms with Gasteiger partial charge in [-0.3, -0.25) is 15.0 Å². The van der Waals surface area contributed by atoms with E-state index in [-0.39, 0.29) is 0 Å². The molecule has 0 saturated carbocycles. The predicted octanol–water partition coefficient (Wildman–Crippen LogP) is 6.55. The maximum atomic E-state index is 6.32. The topological polar surface area (TPSA) is 104 Å². The lowest BCUT2D eigenvalue weighted by molar-refractivity contribution is 1.13. The van der Waals surface area contributed by atoms with E-state index in [1.54, 1.807) is 18.6 Å². The first-order chi connectivity index (χ1) is 18.4. The summed E-state index contributed by atoms with van der Waals surface area (Å²) in [5.74, 6) is 0. The standard InChI is InChI=1S/C30H30N8/c1-19-15-22(11-13-32-19)36-21-5-9-30(26(31)16-21)35-20(2)27-8-6-23(18-34-27)37-29-12-14-33-28-10-7-24(38(3)4)17-25(28)29/h5-18,35H,2,31H2,1,3-4H3,(H,32,36)(H,33,37). The zero-order chi connectivity index (χ0) is 26.6. The van der Waals surface area contributed by atoms with Crippen LogP contribution in [0.3, 0.4) is 0 Å². The number of aromatic nitrogens is 3. The van der Waals surface area contributed by atoms with Gasteiger partial charge >= 0.3 is 0 Å². The van der Waals surface area contributed by atoms with Gasteiger partial charge in [0, 0.05) is 60.3 Å². The third-order valence-corrected chi connectivity index (χ3v) is 6.12. The quantitative estimate of drug-likeness (QED) is 0.177. The summed E-state index contributed by atoms with van der Waals surface area (Å²) < 4.78 is 0. The minimum absolute atomic E-state index is 0.599. The summed E-state index contributed by atoms with van der Waals surface area (Å²) in [6.45, 7) is 6.11. The molecule has 2 aromatic carbocycles. The minimum Gasteiger partial charge on any atom is -0.397 e. The molecule has 0 spiro atoms. The van der Waals surface area contributed by atoms with Crippen molar-refractivity contribution in [3.05, 3.63) is 103 Å². The number of rotatable bonds is 8. The van der Waals surface area contributed by atoms with E-state index in [0.717, 1.165) is 56.4 Å². The molecule has 0 atom stereocenters. The molecule has 0 radical (unpaired) electrons. The van der Waals surface area contributed by atoms with Crippen LogP contribution in [0.25, 0.3) is 16.6 Å². The first kappa shape index (κ1) is 24.6. The molecule has 0 aliphatic rings. The Kier molecular flexibility index (Phi) is 6.78. The van der Waals surface area contributed by atoms with E-state index in [1.165, 1.54) is 0 Å². The average Bonchev–Trinajstić information content (AvgIpc) is 2.90. The minimum atomic E-state index is 0.599. The molecule has 0 bridgehead atoms. The van der Waals surface area contributed by atoms with Crippen LogP contribution in [0.4, 0.5) is 39.8 Å². The van der Waals surface area contributed by atoms with Gasteiger partial charge in [0.05, 0.1) is 40.2 Å². The van der Waals surface area contributed by atoms with E-state index in [0.29, 0.717) is 11.4 Å². The van der Waals surface area contributed by atoms with Crippen LogP contribution in [0.1, 0.15) is 11.4 Å². The van der Waals surface area contributed by atoms with E-state index in [1.807, 2.05) is 75.6 Å². The Balaban J connectivity index is 1.27. The van der Waals surface area contributed by atoms with E-state index in [9.17, 15) is 0 Å². The number of hydrogen-bond donors (Lipinski definition) is 4. The van der Waals surface area contributed by atoms with Crippen LogP contribution in [0, 0.1) is 6.92 Å². The molecule has 3 aromatic heterocycles. The molecule has 5 aromatic rings. The highest BCUT2D eigenvalue weighted by atomic mass is 15.1. The van der Waals surface area contributed by atoms with E-state index >= 15 is 0 Å². The molecule has 38 heavy (non-hydrogen) atoms. The molecular weight excluding hydrogens is 472 g/mol. The third kappa shape index (κ3) is 5.49. The lowest BCUT2D eigenvalue weighted by Crippen LogP contribution is -2.08. The van der Waals surface area contributed by atoms with Crippen LogP contribution in [0.5, 0.6) is 0 Å². The second kappa shape index (κ2) is 10.5. The van der Waals surface area contributed by atoms with E-state index < -0.39 is 0 Å². The molecule has 5 rings (SSSR count). The molecule has 8 nitrogen and oxygen atoms in total. The number of aryl methyl sites for hydroxylation is 1. The smallest absolute Gasteiger partial charge is 0.0859 e. The van der Waals surface area contributed by atoms with Crippen LogP contribution in [-0.4, -0.2) is 29.0 Å². The van der Waals surface area contributed by atoms with Gasteiger partial charge in [-0.05, 0) is 73.7 Å². The van der Waals surface area contributed by atoms with E-state index in [4.69, 9.17) is 5.73 Å². The summed E-state index contributed by atoms with van der Waals surface area (Å²) in [6, 6.07) is 21.7. The molecule has 8 heteroatoms. The van der Waals surface area contributed by atoms with Crippen LogP contribution in [0.2, 0.25) is 0 Å². The summed E-state index contributed by atoms with van der Waals surface area (Å²) in [5.41, 5.74) is 15.7. The number of benzene rings is 2. The lowest BCUT2D eigenvalue weighted by Gasteiger charge is -2.16. The SMILES string of the molecule is C=C(Nc1ccc(Nc2ccnc(C)c2)cc1N)c1ccc(Nc2ccnc3ccc(N(C)C)cc23)cn1. The van der Waals surface area contributed by atoms with Crippen molar-refractivity contribution in [1.29, 1.82) is 0 Å². The van der Waals surface area contributed by atoms with Gasteiger partial charge in [0.2, 0.25) is 0 Å². The number of nitrogens with one attached hydrogen (secondary N) is 3. The van der Waals surface area contributed by atoms with Gasteiger partial charge in [-0.25, -0.2) is 0 Å². The maximum absolute atomic E-state index is 6.32. The Labute approximate surface area is 222 Å². The van der Waals surface area contributed by atoms with Crippen molar-refractivity contribution in [2.75, 3.05) is 40.7 Å². The van der Waals surface area contributed by atoms with Crippen LogP contribution >= 0.6 is 0 Å². The molecule has 190 valence electrons. The number of hydrogen-bond acceptors (Lipinski definition) is 8. The van der Waals surface area contributed by atoms with Gasteiger partial charge in [0.1, 0.15) is 0 Å². The second-order valence-electron chi connectivity index (χ2n) is 9.23. The van der Waals surface area contributed by atoms with Crippen molar-refractivity contribution in [3.8, 4) is 0 Å². The summed E-state index contributed by atoms with van der Waals surface area (Å²) in [6.07, 6.45) is 5.36. The summed E-state index contributed by atoms with van der Waals surface area (Å²) in [7, 11) is 4.05. The Morgan fingerprint density at radius 3 is 2.32 bits per heavy atom. The fraction of sp³-hybridized carbons (Fsp3) is 0.100. The molecule has 0 amide bonds. The van der Waals surface area contributed by atoms with Crippen molar-refractivity contribution >= 4 is 56.4 Å². The zero-order valence-corrected chi connectivity index (χ0v) is 21.7. The van der Waals surface area contributed by atoms with Gasteiger partial charge in [0.15, 0.2) is 0 Å². The summed E-state index contributed by atoms with van der Waals surface area (Å²) >= 11 is 0. The van der Waals surface area contributed by atoms with Crippen LogP contribution < -0.4 is 26.6 Å². The number of anilines is 7. The highest BCUT2D eigenvalue weighted by molar-refractivity contribution is 5.95. The predicted molar refractivity (Wildman–Crippen MR) is 159 cm³/mol. The fourth-order valence-corrected chi connectivity index (χ4v) is 4.09. The van der Waals surface area contributed by atoms with Gasteiger partial charge in [-0.1, -0.05) is 6.58 Å². The third-order valence-electron chi connectivity index (χ3n) is 6.12. The second-order valence-corrected chi connectivity index (χ2v) is 9.23. The Morgan fingerprint density at radius 1 is 0.789 bits per heavy atom. The molecule has 5 N–H and O–H groups in total. The average molecular weight is 503 g/mol. The molecule has 0 aliphatic carbocycles. The largest absolute Gasteiger partial charge is 0.397 e. The zero-order valence-electron chi connectivity index (χ0n) is 21.7. The monoisotopic (exact) mass is 502 g/mol. The molecular formula is C30H30N8. The molecule has 0 aliphatic heterocycles. The molecule has 3 heterocycles. The highest BCUT2D eigenvalue weighted by Gasteiger charge is 2.08. The first-order valence-corrected chi connectivity index (χ1v) is 12.2. The maximum Gasteiger partial charge on any atom is 0.0859 e. The number of pyridine rings is 3. The number of nitrogens with two attached hydrogens (primary N) is 1. The Bertz CT molecular complexity index is 1610.